The van der Waals surface area contributed by atoms with Gasteiger partial charge >= 0.3 is 17.9 Å². The van der Waals surface area contributed by atoms with Crippen LogP contribution in [0.2, 0.25) is 0 Å². The fraction of sp³-hybridized carbons (Fsp3) is 0.676. The monoisotopic (exact) mass is 1070 g/mol. The molecule has 0 saturated carbocycles. The molecular formula is C71H118O6. The molecule has 0 aromatic rings. The van der Waals surface area contributed by atoms with E-state index in [2.05, 4.69) is 142 Å². The Kier molecular flexibility index (Phi) is 60.8. The Balaban J connectivity index is 4.22. The standard InChI is InChI=1S/C71H118O6/c1-4-7-10-13-16-19-22-24-26-28-29-30-31-32-33-34-35-36-37-38-39-40-41-43-44-46-49-52-55-58-61-64-70(73)76-67-68(66-75-69(72)63-60-57-54-51-48-21-18-15-12-9-6-3)77-71(74)65-62-59-56-53-50-47-45-42-27-25-23-20-17-14-11-8-5-2/h7-8,10-11,15-20,24-27,29-30,45,47,53,56,68H,4-6,9,12-14,21-23,28,31-44,46,48-52,54-55,57-67H2,1-3H3/b10-7-,11-8-,18-15-,19-16-,20-17-,26-24-,27-25-,30-29-,47-45-,56-53-. The molecule has 0 aromatic carbocycles. The maximum Gasteiger partial charge on any atom is 0.306 e. The molecule has 0 bridgehead atoms. The average molecular weight is 1070 g/mol. The van der Waals surface area contributed by atoms with Crippen LogP contribution >= 0.6 is 0 Å². The number of esters is 3. The summed E-state index contributed by atoms with van der Waals surface area (Å²) in [7, 11) is 0. The molecule has 0 heterocycles. The minimum Gasteiger partial charge on any atom is -0.462 e. The van der Waals surface area contributed by atoms with Crippen LogP contribution in [0.3, 0.4) is 0 Å². The number of unbranched alkanes of at least 4 members (excludes halogenated alkanes) is 26. The van der Waals surface area contributed by atoms with Gasteiger partial charge in [0.2, 0.25) is 0 Å². The lowest BCUT2D eigenvalue weighted by molar-refractivity contribution is -0.167. The highest BCUT2D eigenvalue weighted by atomic mass is 16.6. The van der Waals surface area contributed by atoms with Gasteiger partial charge in [-0.05, 0) is 116 Å². The van der Waals surface area contributed by atoms with Gasteiger partial charge in [-0.1, -0.05) is 277 Å². The summed E-state index contributed by atoms with van der Waals surface area (Å²) in [4.78, 5) is 38.2. The van der Waals surface area contributed by atoms with E-state index in [0.717, 1.165) is 116 Å². The van der Waals surface area contributed by atoms with Gasteiger partial charge in [-0.25, -0.2) is 0 Å². The molecule has 6 heteroatoms. The quantitative estimate of drug-likeness (QED) is 0.0261. The van der Waals surface area contributed by atoms with Crippen molar-refractivity contribution in [2.75, 3.05) is 13.2 Å². The molecule has 438 valence electrons. The summed E-state index contributed by atoms with van der Waals surface area (Å²) in [5.74, 6) is -0.968. The van der Waals surface area contributed by atoms with Gasteiger partial charge in [0.15, 0.2) is 6.10 Å². The second kappa shape index (κ2) is 64.3. The fourth-order valence-corrected chi connectivity index (χ4v) is 8.69. The van der Waals surface area contributed by atoms with E-state index in [9.17, 15) is 14.4 Å². The van der Waals surface area contributed by atoms with Gasteiger partial charge in [0, 0.05) is 19.3 Å². The number of allylic oxidation sites excluding steroid dienone is 20. The number of hydrogen-bond donors (Lipinski definition) is 0. The Morgan fingerprint density at radius 2 is 0.519 bits per heavy atom. The molecule has 77 heavy (non-hydrogen) atoms. The maximum absolute atomic E-state index is 12.8. The zero-order valence-corrected chi connectivity index (χ0v) is 50.2. The van der Waals surface area contributed by atoms with Crippen LogP contribution in [0.15, 0.2) is 122 Å². The normalized spacial score (nSPS) is 12.9. The molecule has 0 saturated heterocycles. The van der Waals surface area contributed by atoms with E-state index >= 15 is 0 Å². The van der Waals surface area contributed by atoms with E-state index in [1.807, 2.05) is 0 Å². The second-order valence-electron chi connectivity index (χ2n) is 20.9. The molecule has 0 aromatic heterocycles. The lowest BCUT2D eigenvalue weighted by atomic mass is 10.0. The molecule has 0 radical (unpaired) electrons. The summed E-state index contributed by atoms with van der Waals surface area (Å²) in [5.41, 5.74) is 0. The third-order valence-corrected chi connectivity index (χ3v) is 13.4. The van der Waals surface area contributed by atoms with Crippen molar-refractivity contribution in [3.8, 4) is 0 Å². The van der Waals surface area contributed by atoms with Crippen LogP contribution in [0, 0.1) is 0 Å². The van der Waals surface area contributed by atoms with Crippen molar-refractivity contribution >= 4 is 17.9 Å². The summed E-state index contributed by atoms with van der Waals surface area (Å²) in [6.45, 7) is 6.33. The topological polar surface area (TPSA) is 78.9 Å². The van der Waals surface area contributed by atoms with Gasteiger partial charge in [0.25, 0.3) is 0 Å². The van der Waals surface area contributed by atoms with Crippen LogP contribution in [0.5, 0.6) is 0 Å². The van der Waals surface area contributed by atoms with E-state index in [4.69, 9.17) is 14.2 Å². The minimum absolute atomic E-state index is 0.103. The predicted molar refractivity (Wildman–Crippen MR) is 334 cm³/mol. The van der Waals surface area contributed by atoms with Crippen molar-refractivity contribution < 1.29 is 28.6 Å². The zero-order valence-electron chi connectivity index (χ0n) is 50.2. The Morgan fingerprint density at radius 3 is 0.844 bits per heavy atom. The molecular weight excluding hydrogens is 949 g/mol. The molecule has 0 fully saturated rings. The number of ether oxygens (including phenoxy) is 3. The van der Waals surface area contributed by atoms with E-state index in [-0.39, 0.29) is 37.5 Å². The summed E-state index contributed by atoms with van der Waals surface area (Å²) in [5, 5.41) is 0. The van der Waals surface area contributed by atoms with Crippen molar-refractivity contribution in [2.45, 2.75) is 297 Å². The van der Waals surface area contributed by atoms with E-state index in [0.29, 0.717) is 19.3 Å². The van der Waals surface area contributed by atoms with Crippen molar-refractivity contribution in [1.29, 1.82) is 0 Å². The van der Waals surface area contributed by atoms with Crippen molar-refractivity contribution in [2.24, 2.45) is 0 Å². The van der Waals surface area contributed by atoms with Gasteiger partial charge in [-0.15, -0.1) is 0 Å². The molecule has 1 atom stereocenters. The Morgan fingerprint density at radius 1 is 0.273 bits per heavy atom. The van der Waals surface area contributed by atoms with Gasteiger partial charge < -0.3 is 14.2 Å². The minimum atomic E-state index is -0.812. The molecule has 0 aliphatic heterocycles. The third-order valence-electron chi connectivity index (χ3n) is 13.4. The molecule has 0 N–H and O–H groups in total. The zero-order chi connectivity index (χ0) is 55.7. The summed E-state index contributed by atoms with van der Waals surface area (Å²) < 4.78 is 16.8. The number of hydrogen-bond acceptors (Lipinski definition) is 6. The van der Waals surface area contributed by atoms with Crippen LogP contribution in [-0.2, 0) is 28.6 Å². The molecule has 0 aliphatic rings. The summed E-state index contributed by atoms with van der Waals surface area (Å²) in [6.07, 6.45) is 89.5. The fourth-order valence-electron chi connectivity index (χ4n) is 8.69. The Bertz CT molecular complexity index is 1600. The molecule has 1 unspecified atom stereocenters. The van der Waals surface area contributed by atoms with Gasteiger partial charge in [-0.3, -0.25) is 14.4 Å². The van der Waals surface area contributed by atoms with Gasteiger partial charge in [0.05, 0.1) is 0 Å². The average Bonchev–Trinajstić information content (AvgIpc) is 3.43. The van der Waals surface area contributed by atoms with E-state index < -0.39 is 6.10 Å². The van der Waals surface area contributed by atoms with Crippen molar-refractivity contribution in [1.82, 2.24) is 0 Å². The maximum atomic E-state index is 12.8. The van der Waals surface area contributed by atoms with Gasteiger partial charge in [-0.2, -0.15) is 0 Å². The third kappa shape index (κ3) is 62.5. The Labute approximate surface area is 475 Å². The predicted octanol–water partition coefficient (Wildman–Crippen LogP) is 22.0. The van der Waals surface area contributed by atoms with Crippen LogP contribution in [-0.4, -0.2) is 37.2 Å². The molecule has 0 rings (SSSR count). The van der Waals surface area contributed by atoms with Gasteiger partial charge in [0.1, 0.15) is 13.2 Å². The molecule has 6 nitrogen and oxygen atoms in total. The second-order valence-corrected chi connectivity index (χ2v) is 20.9. The van der Waals surface area contributed by atoms with Crippen molar-refractivity contribution in [3.05, 3.63) is 122 Å². The highest BCUT2D eigenvalue weighted by Crippen LogP contribution is 2.16. The van der Waals surface area contributed by atoms with Crippen molar-refractivity contribution in [3.63, 3.8) is 0 Å². The van der Waals surface area contributed by atoms with Crippen LogP contribution in [0.4, 0.5) is 0 Å². The first kappa shape index (κ1) is 72.8. The summed E-state index contributed by atoms with van der Waals surface area (Å²) in [6, 6.07) is 0. The molecule has 0 aliphatic carbocycles. The molecule has 0 amide bonds. The number of carbonyl (C=O) groups excluding carboxylic acids is 3. The lowest BCUT2D eigenvalue weighted by Gasteiger charge is -2.18. The van der Waals surface area contributed by atoms with E-state index in [1.54, 1.807) is 0 Å². The summed E-state index contributed by atoms with van der Waals surface area (Å²) >= 11 is 0. The first-order valence-electron chi connectivity index (χ1n) is 32.0. The highest BCUT2D eigenvalue weighted by Gasteiger charge is 2.19. The largest absolute Gasteiger partial charge is 0.462 e. The first-order chi connectivity index (χ1) is 38.0. The first-order valence-corrected chi connectivity index (χ1v) is 32.0. The smallest absolute Gasteiger partial charge is 0.306 e. The lowest BCUT2D eigenvalue weighted by Crippen LogP contribution is -2.30. The van der Waals surface area contributed by atoms with Crippen LogP contribution in [0.25, 0.3) is 0 Å². The number of carbonyl (C=O) groups is 3. The van der Waals surface area contributed by atoms with Crippen LogP contribution < -0.4 is 0 Å². The van der Waals surface area contributed by atoms with E-state index in [1.165, 1.54) is 128 Å². The SMILES string of the molecule is CC/C=C\C/C=C\C/C=C\C/C=C\C/C=C\CCCC(=O)OC(COC(=O)CCCCCCC/C=C\CCCC)COC(=O)CCCCCCCCCCCCCCCCCCCC/C=C\C/C=C\C/C=C\C/C=C\CC. The Hall–Kier alpha value is -4.19. The number of rotatable bonds is 57. The molecule has 0 spiro atoms. The van der Waals surface area contributed by atoms with Crippen LogP contribution in [0.1, 0.15) is 290 Å². The highest BCUT2D eigenvalue weighted by molar-refractivity contribution is 5.71.